The number of imide groups is 1. The van der Waals surface area contributed by atoms with E-state index in [4.69, 9.17) is 4.74 Å². The number of benzene rings is 2. The van der Waals surface area contributed by atoms with Gasteiger partial charge in [-0.15, -0.1) is 0 Å². The van der Waals surface area contributed by atoms with Crippen LogP contribution >= 0.6 is 0 Å². The molecule has 0 radical (unpaired) electrons. The number of aryl methyl sites for hydroxylation is 1. The van der Waals surface area contributed by atoms with Crippen LogP contribution in [0.2, 0.25) is 0 Å². The van der Waals surface area contributed by atoms with Gasteiger partial charge in [0.15, 0.2) is 0 Å². The monoisotopic (exact) mass is 416 g/mol. The molecule has 2 amide bonds. The standard InChI is InChI=1S/C21H24N2O5S/c1-28-18-13-12-17(23-20(24)10-5-11-21(23)25)15-19(18)29(26,27)22-14-6-9-16-7-3-2-4-8-16/h2-4,7-8,12-13,15,22H,5-6,9-11,14H2,1H3. The molecule has 154 valence electrons. The van der Waals surface area contributed by atoms with Crippen molar-refractivity contribution >= 4 is 27.5 Å². The second-order valence-electron chi connectivity index (χ2n) is 6.80. The number of hydrogen-bond acceptors (Lipinski definition) is 5. The van der Waals surface area contributed by atoms with Gasteiger partial charge in [0.05, 0.1) is 12.8 Å². The average molecular weight is 416 g/mol. The maximum Gasteiger partial charge on any atom is 0.244 e. The van der Waals surface area contributed by atoms with Gasteiger partial charge in [-0.3, -0.25) is 14.5 Å². The smallest absolute Gasteiger partial charge is 0.244 e. The van der Waals surface area contributed by atoms with E-state index in [1.54, 1.807) is 0 Å². The van der Waals surface area contributed by atoms with Gasteiger partial charge in [-0.25, -0.2) is 13.1 Å². The molecule has 8 heteroatoms. The lowest BCUT2D eigenvalue weighted by Gasteiger charge is -2.25. The summed E-state index contributed by atoms with van der Waals surface area (Å²) in [6.07, 6.45) is 2.42. The molecule has 0 spiro atoms. The SMILES string of the molecule is COc1ccc(N2C(=O)CCCC2=O)cc1S(=O)(=O)NCCCc1ccccc1. The van der Waals surface area contributed by atoms with E-state index in [1.165, 1.54) is 25.3 Å². The predicted molar refractivity (Wildman–Crippen MR) is 109 cm³/mol. The van der Waals surface area contributed by atoms with Crippen molar-refractivity contribution in [1.82, 2.24) is 4.72 Å². The first-order valence-electron chi connectivity index (χ1n) is 9.50. The number of nitrogens with one attached hydrogen (secondary N) is 1. The summed E-state index contributed by atoms with van der Waals surface area (Å²) in [4.78, 5) is 25.3. The normalized spacial score (nSPS) is 14.9. The summed E-state index contributed by atoms with van der Waals surface area (Å²) < 4.78 is 33.5. The molecule has 7 nitrogen and oxygen atoms in total. The Kier molecular flexibility index (Phi) is 6.66. The Morgan fingerprint density at radius 2 is 1.72 bits per heavy atom. The molecule has 0 atom stereocenters. The van der Waals surface area contributed by atoms with Crippen molar-refractivity contribution < 1.29 is 22.7 Å². The molecule has 2 aromatic carbocycles. The summed E-state index contributed by atoms with van der Waals surface area (Å²) in [6.45, 7) is 0.256. The van der Waals surface area contributed by atoms with Gasteiger partial charge in [-0.2, -0.15) is 0 Å². The third-order valence-corrected chi connectivity index (χ3v) is 6.23. The van der Waals surface area contributed by atoms with Crippen LogP contribution in [-0.4, -0.2) is 33.9 Å². The van der Waals surface area contributed by atoms with Gasteiger partial charge in [0.1, 0.15) is 10.6 Å². The highest BCUT2D eigenvalue weighted by Gasteiger charge is 2.29. The first kappa shape index (κ1) is 21.0. The molecule has 3 rings (SSSR count). The van der Waals surface area contributed by atoms with Gasteiger partial charge in [0, 0.05) is 19.4 Å². The summed E-state index contributed by atoms with van der Waals surface area (Å²) >= 11 is 0. The Morgan fingerprint density at radius 3 is 2.38 bits per heavy atom. The number of carbonyl (C=O) groups excluding carboxylic acids is 2. The summed E-state index contributed by atoms with van der Waals surface area (Å²) in [7, 11) is -2.50. The number of rotatable bonds is 8. The first-order chi connectivity index (χ1) is 13.9. The van der Waals surface area contributed by atoms with Crippen molar-refractivity contribution in [2.24, 2.45) is 0 Å². The molecule has 0 aliphatic carbocycles. The summed E-state index contributed by atoms with van der Waals surface area (Å²) in [5.74, 6) is -0.502. The van der Waals surface area contributed by atoms with Gasteiger partial charge in [0.25, 0.3) is 0 Å². The number of amides is 2. The fraction of sp³-hybridized carbons (Fsp3) is 0.333. The van der Waals surface area contributed by atoms with Crippen molar-refractivity contribution in [2.75, 3.05) is 18.6 Å². The largest absolute Gasteiger partial charge is 0.495 e. The van der Waals surface area contributed by atoms with Crippen LogP contribution in [0.3, 0.4) is 0 Å². The lowest BCUT2D eigenvalue weighted by Crippen LogP contribution is -2.40. The zero-order valence-electron chi connectivity index (χ0n) is 16.3. The zero-order valence-corrected chi connectivity index (χ0v) is 17.1. The van der Waals surface area contributed by atoms with Gasteiger partial charge in [0.2, 0.25) is 21.8 Å². The molecular formula is C21H24N2O5S. The minimum absolute atomic E-state index is 0.0941. The minimum Gasteiger partial charge on any atom is -0.495 e. The van der Waals surface area contributed by atoms with Crippen LogP contribution in [0.5, 0.6) is 5.75 Å². The number of sulfonamides is 1. The Labute approximate surface area is 170 Å². The Balaban J connectivity index is 1.76. The summed E-state index contributed by atoms with van der Waals surface area (Å²) in [5, 5.41) is 0. The fourth-order valence-electron chi connectivity index (χ4n) is 3.28. The van der Waals surface area contributed by atoms with E-state index in [-0.39, 0.29) is 47.5 Å². The lowest BCUT2D eigenvalue weighted by atomic mass is 10.1. The Hall–Kier alpha value is -2.71. The molecule has 1 heterocycles. The number of hydrogen-bond donors (Lipinski definition) is 1. The highest BCUT2D eigenvalue weighted by atomic mass is 32.2. The van der Waals surface area contributed by atoms with Gasteiger partial charge >= 0.3 is 0 Å². The highest BCUT2D eigenvalue weighted by molar-refractivity contribution is 7.89. The molecule has 2 aromatic rings. The topological polar surface area (TPSA) is 92.8 Å². The molecule has 0 saturated carbocycles. The molecule has 0 unspecified atom stereocenters. The van der Waals surface area contributed by atoms with Crippen LogP contribution in [0.15, 0.2) is 53.4 Å². The fourth-order valence-corrected chi connectivity index (χ4v) is 4.54. The Bertz CT molecular complexity index is 973. The molecule has 1 fully saturated rings. The molecule has 0 aromatic heterocycles. The maximum atomic E-state index is 12.8. The van der Waals surface area contributed by atoms with E-state index < -0.39 is 10.0 Å². The molecule has 29 heavy (non-hydrogen) atoms. The van der Waals surface area contributed by atoms with Crippen LogP contribution in [-0.2, 0) is 26.0 Å². The first-order valence-corrected chi connectivity index (χ1v) is 11.0. The number of methoxy groups -OCH3 is 1. The third kappa shape index (κ3) is 5.02. The van der Waals surface area contributed by atoms with Gasteiger partial charge in [-0.1, -0.05) is 30.3 Å². The van der Waals surface area contributed by atoms with Crippen molar-refractivity contribution in [3.8, 4) is 5.75 Å². The van der Waals surface area contributed by atoms with Crippen molar-refractivity contribution in [2.45, 2.75) is 37.0 Å². The molecular weight excluding hydrogens is 392 g/mol. The van der Waals surface area contributed by atoms with Crippen molar-refractivity contribution in [3.63, 3.8) is 0 Å². The second kappa shape index (κ2) is 9.19. The maximum absolute atomic E-state index is 12.8. The van der Waals surface area contributed by atoms with Crippen LogP contribution in [0.1, 0.15) is 31.2 Å². The number of carbonyl (C=O) groups is 2. The van der Waals surface area contributed by atoms with E-state index in [2.05, 4.69) is 4.72 Å². The van der Waals surface area contributed by atoms with Crippen molar-refractivity contribution in [3.05, 3.63) is 54.1 Å². The number of ether oxygens (including phenoxy) is 1. The van der Waals surface area contributed by atoms with Gasteiger partial charge < -0.3 is 4.74 Å². The van der Waals surface area contributed by atoms with Crippen LogP contribution < -0.4 is 14.4 Å². The highest BCUT2D eigenvalue weighted by Crippen LogP contribution is 2.31. The molecule has 0 bridgehead atoms. The van der Waals surface area contributed by atoms with E-state index in [0.717, 1.165) is 16.9 Å². The molecule has 1 saturated heterocycles. The van der Waals surface area contributed by atoms with E-state index in [0.29, 0.717) is 12.8 Å². The minimum atomic E-state index is -3.88. The average Bonchev–Trinajstić information content (AvgIpc) is 2.72. The van der Waals surface area contributed by atoms with Crippen LogP contribution in [0, 0.1) is 0 Å². The molecule has 1 N–H and O–H groups in total. The second-order valence-corrected chi connectivity index (χ2v) is 8.53. The van der Waals surface area contributed by atoms with E-state index in [1.807, 2.05) is 30.3 Å². The Morgan fingerprint density at radius 1 is 1.03 bits per heavy atom. The molecule has 1 aliphatic rings. The van der Waals surface area contributed by atoms with E-state index in [9.17, 15) is 18.0 Å². The molecule has 1 aliphatic heterocycles. The quantitative estimate of drug-likeness (QED) is 0.528. The summed E-state index contributed by atoms with van der Waals surface area (Å²) in [6, 6.07) is 14.1. The van der Waals surface area contributed by atoms with Crippen LogP contribution in [0.4, 0.5) is 5.69 Å². The number of piperidine rings is 1. The van der Waals surface area contributed by atoms with Crippen molar-refractivity contribution in [1.29, 1.82) is 0 Å². The zero-order chi connectivity index (χ0) is 20.9. The number of anilines is 1. The summed E-state index contributed by atoms with van der Waals surface area (Å²) in [5.41, 5.74) is 1.37. The van der Waals surface area contributed by atoms with E-state index >= 15 is 0 Å². The predicted octanol–water partition coefficient (Wildman–Crippen LogP) is 2.65. The lowest BCUT2D eigenvalue weighted by molar-refractivity contribution is -0.129. The number of nitrogens with zero attached hydrogens (tertiary/aromatic N) is 1. The van der Waals surface area contributed by atoms with Gasteiger partial charge in [-0.05, 0) is 43.0 Å². The van der Waals surface area contributed by atoms with Crippen LogP contribution in [0.25, 0.3) is 0 Å². The third-order valence-electron chi connectivity index (χ3n) is 4.75.